The van der Waals surface area contributed by atoms with Crippen LogP contribution < -0.4 is 4.74 Å². The lowest BCUT2D eigenvalue weighted by molar-refractivity contribution is -0.386. The van der Waals surface area contributed by atoms with Crippen LogP contribution in [0.1, 0.15) is 18.9 Å². The van der Waals surface area contributed by atoms with Crippen molar-refractivity contribution < 1.29 is 9.66 Å². The Morgan fingerprint density at radius 1 is 1.53 bits per heavy atom. The number of rotatable bonds is 6. The lowest BCUT2D eigenvalue weighted by Crippen LogP contribution is -2.13. The van der Waals surface area contributed by atoms with Crippen molar-refractivity contribution in [3.63, 3.8) is 0 Å². The number of thiol groups is 1. The summed E-state index contributed by atoms with van der Waals surface area (Å²) in [5.41, 5.74) is 0.812. The molecule has 0 bridgehead atoms. The standard InChI is InChI=1S/C12H17NO3S/c1-3-10(8-17)7-16-12-9(2)5-4-6-11(12)13(14)15/h4-6,10,17H,3,7-8H2,1-2H3. The number of nitro benzene ring substituents is 1. The van der Waals surface area contributed by atoms with Gasteiger partial charge in [-0.3, -0.25) is 10.1 Å². The maximum absolute atomic E-state index is 10.9. The van der Waals surface area contributed by atoms with E-state index >= 15 is 0 Å². The van der Waals surface area contributed by atoms with E-state index < -0.39 is 4.92 Å². The Hall–Kier alpha value is -1.23. The van der Waals surface area contributed by atoms with Crippen LogP contribution in [0.15, 0.2) is 18.2 Å². The van der Waals surface area contributed by atoms with Gasteiger partial charge in [0.1, 0.15) is 0 Å². The molecule has 0 saturated carbocycles. The van der Waals surface area contributed by atoms with Gasteiger partial charge in [0.15, 0.2) is 5.75 Å². The van der Waals surface area contributed by atoms with E-state index in [4.69, 9.17) is 4.74 Å². The van der Waals surface area contributed by atoms with Crippen molar-refractivity contribution in [1.29, 1.82) is 0 Å². The maximum Gasteiger partial charge on any atom is 0.311 e. The average molecular weight is 255 g/mol. The van der Waals surface area contributed by atoms with Gasteiger partial charge in [-0.2, -0.15) is 12.6 Å². The highest BCUT2D eigenvalue weighted by Crippen LogP contribution is 2.30. The van der Waals surface area contributed by atoms with Crippen LogP contribution in [0.3, 0.4) is 0 Å². The second kappa shape index (κ2) is 6.49. The van der Waals surface area contributed by atoms with E-state index in [1.54, 1.807) is 6.07 Å². The van der Waals surface area contributed by atoms with Gasteiger partial charge in [0.05, 0.1) is 11.5 Å². The molecule has 17 heavy (non-hydrogen) atoms. The van der Waals surface area contributed by atoms with Crippen LogP contribution in [0.4, 0.5) is 5.69 Å². The summed E-state index contributed by atoms with van der Waals surface area (Å²) < 4.78 is 5.58. The summed E-state index contributed by atoms with van der Waals surface area (Å²) >= 11 is 4.22. The molecule has 0 fully saturated rings. The Balaban J connectivity index is 2.85. The molecule has 1 rings (SSSR count). The highest BCUT2D eigenvalue weighted by molar-refractivity contribution is 7.80. The zero-order chi connectivity index (χ0) is 12.8. The quantitative estimate of drug-likeness (QED) is 0.482. The Morgan fingerprint density at radius 3 is 2.76 bits per heavy atom. The summed E-state index contributed by atoms with van der Waals surface area (Å²) in [4.78, 5) is 10.5. The van der Waals surface area contributed by atoms with Gasteiger partial charge in [-0.15, -0.1) is 0 Å². The fourth-order valence-corrected chi connectivity index (χ4v) is 1.83. The molecule has 0 radical (unpaired) electrons. The van der Waals surface area contributed by atoms with Crippen LogP contribution in [-0.4, -0.2) is 17.3 Å². The van der Waals surface area contributed by atoms with Crippen molar-refractivity contribution in [1.82, 2.24) is 0 Å². The number of nitrogens with zero attached hydrogens (tertiary/aromatic N) is 1. The first-order valence-electron chi connectivity index (χ1n) is 5.57. The third-order valence-corrected chi connectivity index (χ3v) is 3.20. The largest absolute Gasteiger partial charge is 0.486 e. The monoisotopic (exact) mass is 255 g/mol. The molecule has 1 unspecified atom stereocenters. The van der Waals surface area contributed by atoms with Crippen LogP contribution in [-0.2, 0) is 0 Å². The van der Waals surface area contributed by atoms with Gasteiger partial charge in [0.2, 0.25) is 0 Å². The number of benzene rings is 1. The van der Waals surface area contributed by atoms with E-state index in [1.165, 1.54) is 6.07 Å². The van der Waals surface area contributed by atoms with Gasteiger partial charge in [-0.1, -0.05) is 19.1 Å². The van der Waals surface area contributed by atoms with E-state index in [2.05, 4.69) is 19.6 Å². The molecule has 0 amide bonds. The van der Waals surface area contributed by atoms with E-state index in [0.29, 0.717) is 18.3 Å². The number of nitro groups is 1. The summed E-state index contributed by atoms with van der Waals surface area (Å²) in [5.74, 6) is 1.41. The topological polar surface area (TPSA) is 52.4 Å². The molecule has 1 aromatic carbocycles. The minimum absolute atomic E-state index is 0.0269. The Morgan fingerprint density at radius 2 is 2.24 bits per heavy atom. The van der Waals surface area contributed by atoms with E-state index in [0.717, 1.165) is 17.7 Å². The summed E-state index contributed by atoms with van der Waals surface area (Å²) in [6.45, 7) is 4.33. The molecule has 1 atom stereocenters. The van der Waals surface area contributed by atoms with Gasteiger partial charge >= 0.3 is 5.69 Å². The van der Waals surface area contributed by atoms with Crippen molar-refractivity contribution in [3.8, 4) is 5.75 Å². The number of hydrogen-bond donors (Lipinski definition) is 1. The number of aryl methyl sites for hydroxylation is 1. The smallest absolute Gasteiger partial charge is 0.311 e. The first kappa shape index (κ1) is 13.8. The second-order valence-corrected chi connectivity index (χ2v) is 4.31. The minimum Gasteiger partial charge on any atom is -0.486 e. The molecule has 0 spiro atoms. The molecule has 94 valence electrons. The van der Waals surface area contributed by atoms with E-state index in [-0.39, 0.29) is 5.69 Å². The van der Waals surface area contributed by atoms with Crippen LogP contribution in [0, 0.1) is 23.0 Å². The fraction of sp³-hybridized carbons (Fsp3) is 0.500. The van der Waals surface area contributed by atoms with Crippen molar-refractivity contribution >= 4 is 18.3 Å². The SMILES string of the molecule is CCC(CS)COc1c(C)cccc1[N+](=O)[O-]. The van der Waals surface area contributed by atoms with Gasteiger partial charge in [-0.05, 0) is 24.7 Å². The van der Waals surface area contributed by atoms with Gasteiger partial charge < -0.3 is 4.74 Å². The van der Waals surface area contributed by atoms with Crippen molar-refractivity contribution in [2.45, 2.75) is 20.3 Å². The maximum atomic E-state index is 10.9. The molecule has 0 heterocycles. The van der Waals surface area contributed by atoms with Gasteiger partial charge in [-0.25, -0.2) is 0 Å². The first-order valence-corrected chi connectivity index (χ1v) is 6.21. The van der Waals surface area contributed by atoms with Gasteiger partial charge in [0.25, 0.3) is 0 Å². The zero-order valence-electron chi connectivity index (χ0n) is 10.0. The van der Waals surface area contributed by atoms with Crippen molar-refractivity contribution in [2.24, 2.45) is 5.92 Å². The highest BCUT2D eigenvalue weighted by Gasteiger charge is 2.17. The molecule has 0 saturated heterocycles. The summed E-state index contributed by atoms with van der Waals surface area (Å²) in [5, 5.41) is 10.9. The first-order chi connectivity index (χ1) is 8.10. The van der Waals surface area contributed by atoms with Crippen LogP contribution >= 0.6 is 12.6 Å². The molecule has 1 aromatic rings. The van der Waals surface area contributed by atoms with Crippen LogP contribution in [0.5, 0.6) is 5.75 Å². The fourth-order valence-electron chi connectivity index (χ4n) is 1.47. The third kappa shape index (κ3) is 3.63. The minimum atomic E-state index is -0.413. The van der Waals surface area contributed by atoms with Gasteiger partial charge in [0, 0.05) is 12.0 Å². The number of ether oxygens (including phenoxy) is 1. The molecule has 0 aliphatic rings. The second-order valence-electron chi connectivity index (χ2n) is 3.95. The number of para-hydroxylation sites is 1. The normalized spacial score (nSPS) is 12.2. The van der Waals surface area contributed by atoms with Crippen LogP contribution in [0.25, 0.3) is 0 Å². The zero-order valence-corrected chi connectivity index (χ0v) is 10.9. The molecule has 0 aliphatic carbocycles. The molecule has 0 N–H and O–H groups in total. The lowest BCUT2D eigenvalue weighted by Gasteiger charge is -2.14. The molecular weight excluding hydrogens is 238 g/mol. The molecule has 5 heteroatoms. The molecular formula is C12H17NO3S. The number of hydrogen-bond acceptors (Lipinski definition) is 4. The van der Waals surface area contributed by atoms with E-state index in [1.807, 2.05) is 13.0 Å². The molecule has 0 aromatic heterocycles. The molecule has 0 aliphatic heterocycles. The summed E-state index contributed by atoms with van der Waals surface area (Å²) in [6, 6.07) is 4.93. The van der Waals surface area contributed by atoms with Crippen LogP contribution in [0.2, 0.25) is 0 Å². The Kier molecular flexibility index (Phi) is 5.28. The Labute approximate surface area is 107 Å². The lowest BCUT2D eigenvalue weighted by atomic mass is 10.1. The predicted octanol–water partition coefficient (Wildman–Crippen LogP) is 3.24. The predicted molar refractivity (Wildman–Crippen MR) is 71.0 cm³/mol. The third-order valence-electron chi connectivity index (χ3n) is 2.69. The Bertz CT molecular complexity index is 391. The average Bonchev–Trinajstić information content (AvgIpc) is 2.31. The van der Waals surface area contributed by atoms with E-state index in [9.17, 15) is 10.1 Å². The van der Waals surface area contributed by atoms with Crippen molar-refractivity contribution in [2.75, 3.05) is 12.4 Å². The summed E-state index contributed by atoms with van der Waals surface area (Å²) in [7, 11) is 0. The molecule has 4 nitrogen and oxygen atoms in total. The highest BCUT2D eigenvalue weighted by atomic mass is 32.1. The summed E-state index contributed by atoms with van der Waals surface area (Å²) in [6.07, 6.45) is 0.948. The van der Waals surface area contributed by atoms with Crippen molar-refractivity contribution in [3.05, 3.63) is 33.9 Å².